The molecule has 1 atom stereocenters. The Morgan fingerprint density at radius 1 is 1.55 bits per heavy atom. The van der Waals surface area contributed by atoms with Gasteiger partial charge in [0.05, 0.1) is 6.33 Å². The summed E-state index contributed by atoms with van der Waals surface area (Å²) >= 11 is 0. The molecule has 1 fully saturated rings. The lowest BCUT2D eigenvalue weighted by atomic mass is 9.83. The topological polar surface area (TPSA) is 76.0 Å². The van der Waals surface area contributed by atoms with Crippen molar-refractivity contribution in [3.8, 4) is 0 Å². The first-order valence-electron chi connectivity index (χ1n) is 6.67. The van der Waals surface area contributed by atoms with Crippen LogP contribution in [0.15, 0.2) is 17.6 Å². The highest BCUT2D eigenvalue weighted by Gasteiger charge is 2.29. The second-order valence-electron chi connectivity index (χ2n) is 5.46. The zero-order valence-corrected chi connectivity index (χ0v) is 13.6. The van der Waals surface area contributed by atoms with Gasteiger partial charge in [0.2, 0.25) is 0 Å². The molecule has 1 unspecified atom stereocenters. The predicted molar refractivity (Wildman–Crippen MR) is 80.5 cm³/mol. The van der Waals surface area contributed by atoms with E-state index in [0.29, 0.717) is 13.1 Å². The Morgan fingerprint density at radius 2 is 2.30 bits per heavy atom. The maximum Gasteiger partial charge on any atom is 0.259 e. The maximum absolute atomic E-state index is 12.1. The van der Waals surface area contributed by atoms with Crippen LogP contribution < -0.4 is 10.0 Å². The molecule has 1 aliphatic heterocycles. The van der Waals surface area contributed by atoms with Gasteiger partial charge in [-0.3, -0.25) is 0 Å². The lowest BCUT2D eigenvalue weighted by Gasteiger charge is -2.34. The minimum Gasteiger partial charge on any atom is -0.336 e. The molecule has 0 bridgehead atoms. The van der Waals surface area contributed by atoms with Crippen molar-refractivity contribution in [3.63, 3.8) is 0 Å². The molecule has 1 saturated heterocycles. The molecule has 2 heterocycles. The summed E-state index contributed by atoms with van der Waals surface area (Å²) in [7, 11) is -3.50. The van der Waals surface area contributed by atoms with E-state index >= 15 is 0 Å². The second-order valence-corrected chi connectivity index (χ2v) is 7.17. The predicted octanol–water partition coefficient (Wildman–Crippen LogP) is 0.993. The van der Waals surface area contributed by atoms with Crippen molar-refractivity contribution in [2.75, 3.05) is 19.6 Å². The van der Waals surface area contributed by atoms with Crippen LogP contribution in [0.1, 0.15) is 26.7 Å². The third-order valence-electron chi connectivity index (χ3n) is 3.62. The van der Waals surface area contributed by atoms with E-state index < -0.39 is 10.0 Å². The van der Waals surface area contributed by atoms with Crippen LogP contribution in [0.3, 0.4) is 0 Å². The minimum absolute atomic E-state index is 0. The number of nitrogens with zero attached hydrogens (tertiary/aromatic N) is 2. The quantitative estimate of drug-likeness (QED) is 0.847. The first kappa shape index (κ1) is 17.4. The molecule has 0 amide bonds. The third kappa shape index (κ3) is 4.18. The average Bonchev–Trinajstić information content (AvgIpc) is 2.87. The summed E-state index contributed by atoms with van der Waals surface area (Å²) in [5, 5.41) is 3.41. The van der Waals surface area contributed by atoms with Gasteiger partial charge in [0.25, 0.3) is 10.0 Å². The van der Waals surface area contributed by atoms with Gasteiger partial charge in [-0.2, -0.15) is 0 Å². The molecule has 0 saturated carbocycles. The number of nitrogens with one attached hydrogen (secondary N) is 2. The molecule has 0 aromatic carbocycles. The van der Waals surface area contributed by atoms with Crippen LogP contribution in [0.25, 0.3) is 0 Å². The third-order valence-corrected chi connectivity index (χ3v) is 4.91. The van der Waals surface area contributed by atoms with Crippen LogP contribution in [0.4, 0.5) is 0 Å². The molecule has 2 rings (SSSR count). The first-order valence-corrected chi connectivity index (χ1v) is 8.16. The van der Waals surface area contributed by atoms with Gasteiger partial charge in [-0.1, -0.05) is 6.92 Å². The van der Waals surface area contributed by atoms with Crippen LogP contribution in [0.2, 0.25) is 0 Å². The van der Waals surface area contributed by atoms with Crippen LogP contribution in [0.5, 0.6) is 0 Å². The second kappa shape index (κ2) is 6.89. The summed E-state index contributed by atoms with van der Waals surface area (Å²) < 4.78 is 28.7. The Bertz CT molecular complexity index is 523. The Morgan fingerprint density at radius 3 is 2.85 bits per heavy atom. The number of sulfonamides is 1. The fourth-order valence-corrected chi connectivity index (χ4v) is 3.41. The summed E-state index contributed by atoms with van der Waals surface area (Å²) in [6.45, 7) is 7.07. The molecule has 0 aliphatic carbocycles. The van der Waals surface area contributed by atoms with Gasteiger partial charge in [0, 0.05) is 25.8 Å². The fourth-order valence-electron chi connectivity index (χ4n) is 2.26. The van der Waals surface area contributed by atoms with Crippen LogP contribution in [-0.2, 0) is 16.6 Å². The molecule has 116 valence electrons. The van der Waals surface area contributed by atoms with Gasteiger partial charge >= 0.3 is 0 Å². The largest absolute Gasteiger partial charge is 0.336 e. The minimum atomic E-state index is -3.50. The Balaban J connectivity index is 0.00000200. The van der Waals surface area contributed by atoms with Gasteiger partial charge in [0.1, 0.15) is 0 Å². The molecule has 2 N–H and O–H groups in total. The van der Waals surface area contributed by atoms with Crippen LogP contribution in [0, 0.1) is 5.41 Å². The molecule has 1 aromatic heterocycles. The molecule has 0 spiro atoms. The van der Waals surface area contributed by atoms with Gasteiger partial charge in [-0.05, 0) is 31.7 Å². The van der Waals surface area contributed by atoms with Gasteiger partial charge in [-0.25, -0.2) is 18.1 Å². The number of aryl methyl sites for hydroxylation is 1. The van der Waals surface area contributed by atoms with Crippen LogP contribution >= 0.6 is 12.4 Å². The smallest absolute Gasteiger partial charge is 0.259 e. The molecule has 20 heavy (non-hydrogen) atoms. The summed E-state index contributed by atoms with van der Waals surface area (Å²) in [6, 6.07) is 0. The first-order chi connectivity index (χ1) is 8.95. The Labute approximate surface area is 126 Å². The maximum atomic E-state index is 12.1. The zero-order valence-electron chi connectivity index (χ0n) is 11.9. The van der Waals surface area contributed by atoms with Crippen molar-refractivity contribution < 1.29 is 8.42 Å². The highest BCUT2D eigenvalue weighted by molar-refractivity contribution is 7.89. The SMILES string of the molecule is CCn1cnc(S(=O)(=O)NCC2(C)CCCNC2)c1.Cl. The van der Waals surface area contributed by atoms with Gasteiger partial charge < -0.3 is 9.88 Å². The number of hydrogen-bond donors (Lipinski definition) is 2. The van der Waals surface area contributed by atoms with Crippen molar-refractivity contribution in [1.29, 1.82) is 0 Å². The monoisotopic (exact) mass is 322 g/mol. The highest BCUT2D eigenvalue weighted by Crippen LogP contribution is 2.24. The lowest BCUT2D eigenvalue weighted by Crippen LogP contribution is -2.45. The summed E-state index contributed by atoms with van der Waals surface area (Å²) in [5.41, 5.74) is -0.0152. The number of rotatable bonds is 5. The lowest BCUT2D eigenvalue weighted by molar-refractivity contribution is 0.238. The molecule has 1 aromatic rings. The van der Waals surface area contributed by atoms with E-state index in [4.69, 9.17) is 0 Å². The van der Waals surface area contributed by atoms with Crippen molar-refractivity contribution in [2.24, 2.45) is 5.41 Å². The standard InChI is InChI=1S/C12H22N4O2S.ClH/c1-3-16-7-11(14-10-16)19(17,18)15-9-12(2)5-4-6-13-8-12;/h7,10,13,15H,3-6,8-9H2,1-2H3;1H. The number of imidazole rings is 1. The fraction of sp³-hybridized carbons (Fsp3) is 0.750. The number of piperidine rings is 1. The summed E-state index contributed by atoms with van der Waals surface area (Å²) in [6.07, 6.45) is 5.22. The van der Waals surface area contributed by atoms with E-state index in [2.05, 4.69) is 21.9 Å². The van der Waals surface area contributed by atoms with Crippen molar-refractivity contribution in [2.45, 2.75) is 38.3 Å². The van der Waals surface area contributed by atoms with Gasteiger partial charge in [-0.15, -0.1) is 12.4 Å². The molecule has 0 radical (unpaired) electrons. The summed E-state index contributed by atoms with van der Waals surface area (Å²) in [5.74, 6) is 0. The van der Waals surface area contributed by atoms with E-state index in [-0.39, 0.29) is 22.8 Å². The van der Waals surface area contributed by atoms with Crippen molar-refractivity contribution in [1.82, 2.24) is 19.6 Å². The molecule has 1 aliphatic rings. The van der Waals surface area contributed by atoms with Crippen LogP contribution in [-0.4, -0.2) is 37.6 Å². The number of hydrogen-bond acceptors (Lipinski definition) is 4. The molecule has 8 heteroatoms. The van der Waals surface area contributed by atoms with Crippen molar-refractivity contribution >= 4 is 22.4 Å². The van der Waals surface area contributed by atoms with E-state index in [1.807, 2.05) is 6.92 Å². The molecular weight excluding hydrogens is 300 g/mol. The normalized spacial score (nSPS) is 23.3. The number of aromatic nitrogens is 2. The number of halogens is 1. The highest BCUT2D eigenvalue weighted by atomic mass is 35.5. The van der Waals surface area contributed by atoms with E-state index in [1.54, 1.807) is 17.1 Å². The van der Waals surface area contributed by atoms with Crippen molar-refractivity contribution in [3.05, 3.63) is 12.5 Å². The zero-order chi connectivity index (χ0) is 13.9. The molecular formula is C12H23ClN4O2S. The van der Waals surface area contributed by atoms with Gasteiger partial charge in [0.15, 0.2) is 5.03 Å². The van der Waals surface area contributed by atoms with E-state index in [1.165, 1.54) is 0 Å². The Kier molecular flexibility index (Phi) is 6.00. The van der Waals surface area contributed by atoms with E-state index in [9.17, 15) is 8.42 Å². The summed E-state index contributed by atoms with van der Waals surface area (Å²) in [4.78, 5) is 3.94. The molecule has 6 nitrogen and oxygen atoms in total. The Hall–Kier alpha value is -0.630. The average molecular weight is 323 g/mol. The van der Waals surface area contributed by atoms with E-state index in [0.717, 1.165) is 25.9 Å².